The average Bonchev–Trinajstić information content (AvgIpc) is 3.20. The Balaban J connectivity index is 2.22. The van der Waals surface area contributed by atoms with Crippen molar-refractivity contribution in [2.24, 2.45) is 0 Å². The average molecular weight is 302 g/mol. The molecule has 0 amide bonds. The minimum atomic E-state index is -0.399. The van der Waals surface area contributed by atoms with Gasteiger partial charge in [-0.05, 0) is 19.4 Å². The summed E-state index contributed by atoms with van der Waals surface area (Å²) >= 11 is 0. The molecule has 1 N–H and O–H groups in total. The molecule has 116 valence electrons. The molecule has 3 heterocycles. The molecular formula is C14H18N6O2. The highest BCUT2D eigenvalue weighted by molar-refractivity contribution is 5.92. The van der Waals surface area contributed by atoms with Crippen molar-refractivity contribution in [3.8, 4) is 0 Å². The molecular weight excluding hydrogens is 284 g/mol. The lowest BCUT2D eigenvalue weighted by molar-refractivity contribution is -0.136. The van der Waals surface area contributed by atoms with Gasteiger partial charge in [-0.1, -0.05) is 6.92 Å². The lowest BCUT2D eigenvalue weighted by Gasteiger charge is -2.28. The molecule has 2 aromatic rings. The molecule has 8 heteroatoms. The smallest absolute Gasteiger partial charge is 0.338 e. The van der Waals surface area contributed by atoms with Crippen LogP contribution in [0.3, 0.4) is 0 Å². The highest BCUT2D eigenvalue weighted by Crippen LogP contribution is 2.35. The Morgan fingerprint density at radius 1 is 1.41 bits per heavy atom. The summed E-state index contributed by atoms with van der Waals surface area (Å²) < 4.78 is 8.52. The van der Waals surface area contributed by atoms with E-state index in [1.165, 1.54) is 13.4 Å². The molecule has 0 bridgehead atoms. The molecule has 0 saturated heterocycles. The normalized spacial score (nSPS) is 17.1. The third-order valence-electron chi connectivity index (χ3n) is 3.77. The van der Waals surface area contributed by atoms with E-state index in [9.17, 15) is 4.79 Å². The van der Waals surface area contributed by atoms with Crippen molar-refractivity contribution in [1.29, 1.82) is 0 Å². The summed E-state index contributed by atoms with van der Waals surface area (Å²) in [5, 5.41) is 11.7. The zero-order chi connectivity index (χ0) is 15.7. The van der Waals surface area contributed by atoms with Crippen molar-refractivity contribution in [3.63, 3.8) is 0 Å². The van der Waals surface area contributed by atoms with Crippen molar-refractivity contribution < 1.29 is 9.53 Å². The number of rotatable bonds is 4. The predicted octanol–water partition coefficient (Wildman–Crippen LogP) is 1.35. The Kier molecular flexibility index (Phi) is 3.66. The Bertz CT molecular complexity index is 729. The van der Waals surface area contributed by atoms with Crippen LogP contribution in [0.2, 0.25) is 0 Å². The summed E-state index contributed by atoms with van der Waals surface area (Å²) in [7, 11) is 1.38. The van der Waals surface area contributed by atoms with Crippen LogP contribution in [0.5, 0.6) is 0 Å². The molecule has 2 aromatic heterocycles. The Labute approximate surface area is 127 Å². The van der Waals surface area contributed by atoms with Crippen molar-refractivity contribution in [2.45, 2.75) is 32.9 Å². The molecule has 1 unspecified atom stereocenters. The fourth-order valence-corrected chi connectivity index (χ4v) is 2.75. The van der Waals surface area contributed by atoms with Gasteiger partial charge in [0.05, 0.1) is 18.4 Å². The van der Waals surface area contributed by atoms with Gasteiger partial charge in [-0.2, -0.15) is 15.2 Å². The van der Waals surface area contributed by atoms with E-state index in [0.29, 0.717) is 24.5 Å². The van der Waals surface area contributed by atoms with Gasteiger partial charge >= 0.3 is 5.97 Å². The summed E-state index contributed by atoms with van der Waals surface area (Å²) in [5.41, 5.74) is 2.21. The quantitative estimate of drug-likeness (QED) is 0.858. The summed E-state index contributed by atoms with van der Waals surface area (Å²) in [6.07, 6.45) is 3.85. The fraction of sp³-hybridized carbons (Fsp3) is 0.429. The zero-order valence-corrected chi connectivity index (χ0v) is 12.8. The van der Waals surface area contributed by atoms with Crippen LogP contribution in [0, 0.1) is 0 Å². The van der Waals surface area contributed by atoms with Gasteiger partial charge in [-0.15, -0.1) is 0 Å². The van der Waals surface area contributed by atoms with Crippen molar-refractivity contribution in [3.05, 3.63) is 35.6 Å². The van der Waals surface area contributed by atoms with Crippen molar-refractivity contribution in [1.82, 2.24) is 24.5 Å². The van der Waals surface area contributed by atoms with Gasteiger partial charge in [0.1, 0.15) is 12.4 Å². The number of hydrogen-bond donors (Lipinski definition) is 1. The molecule has 1 aliphatic heterocycles. The SMILES string of the molecule is CCC1=C(C(=O)OC)C(c2ccnn2CC)n2ncnc2N1. The van der Waals surface area contributed by atoms with E-state index in [2.05, 4.69) is 20.5 Å². The number of hydrogen-bond acceptors (Lipinski definition) is 6. The van der Waals surface area contributed by atoms with Gasteiger partial charge in [0, 0.05) is 18.4 Å². The molecule has 0 fully saturated rings. The van der Waals surface area contributed by atoms with E-state index in [-0.39, 0.29) is 5.97 Å². The minimum absolute atomic E-state index is 0.376. The number of esters is 1. The second-order valence-corrected chi connectivity index (χ2v) is 4.86. The van der Waals surface area contributed by atoms with E-state index >= 15 is 0 Å². The number of nitrogens with one attached hydrogen (secondary N) is 1. The number of methoxy groups -OCH3 is 1. The molecule has 3 rings (SSSR count). The van der Waals surface area contributed by atoms with Gasteiger partial charge < -0.3 is 10.1 Å². The first-order valence-electron chi connectivity index (χ1n) is 7.20. The first-order valence-corrected chi connectivity index (χ1v) is 7.20. The Morgan fingerprint density at radius 3 is 2.91 bits per heavy atom. The van der Waals surface area contributed by atoms with Gasteiger partial charge in [-0.25, -0.2) is 9.48 Å². The van der Waals surface area contributed by atoms with E-state index < -0.39 is 6.04 Å². The molecule has 8 nitrogen and oxygen atoms in total. The number of aryl methyl sites for hydroxylation is 1. The van der Waals surface area contributed by atoms with Crippen LogP contribution in [-0.2, 0) is 16.1 Å². The molecule has 0 aromatic carbocycles. The number of carbonyl (C=O) groups excluding carboxylic acids is 1. The maximum Gasteiger partial charge on any atom is 0.338 e. The van der Waals surface area contributed by atoms with Gasteiger partial charge in [0.15, 0.2) is 0 Å². The monoisotopic (exact) mass is 302 g/mol. The topological polar surface area (TPSA) is 86.9 Å². The third-order valence-corrected chi connectivity index (χ3v) is 3.77. The summed E-state index contributed by atoms with van der Waals surface area (Å²) in [6.45, 7) is 4.68. The summed E-state index contributed by atoms with van der Waals surface area (Å²) in [4.78, 5) is 16.6. The largest absolute Gasteiger partial charge is 0.466 e. The number of carbonyl (C=O) groups is 1. The van der Waals surface area contributed by atoms with Crippen LogP contribution >= 0.6 is 0 Å². The number of allylic oxidation sites excluding steroid dienone is 1. The van der Waals surface area contributed by atoms with Gasteiger partial charge in [0.2, 0.25) is 5.95 Å². The highest BCUT2D eigenvalue weighted by atomic mass is 16.5. The first kappa shape index (κ1) is 14.3. The molecule has 0 radical (unpaired) electrons. The lowest BCUT2D eigenvalue weighted by atomic mass is 9.98. The molecule has 0 aliphatic carbocycles. The Morgan fingerprint density at radius 2 is 2.23 bits per heavy atom. The molecule has 1 aliphatic rings. The second kappa shape index (κ2) is 5.63. The van der Waals surface area contributed by atoms with Crippen molar-refractivity contribution in [2.75, 3.05) is 12.4 Å². The van der Waals surface area contributed by atoms with Crippen LogP contribution in [0.25, 0.3) is 0 Å². The molecule has 22 heavy (non-hydrogen) atoms. The number of aromatic nitrogens is 5. The number of fused-ring (bicyclic) bond motifs is 1. The van der Waals surface area contributed by atoms with Crippen LogP contribution < -0.4 is 5.32 Å². The molecule has 1 atom stereocenters. The maximum atomic E-state index is 12.4. The highest BCUT2D eigenvalue weighted by Gasteiger charge is 2.36. The minimum Gasteiger partial charge on any atom is -0.466 e. The zero-order valence-electron chi connectivity index (χ0n) is 12.8. The van der Waals surface area contributed by atoms with Crippen LogP contribution in [0.4, 0.5) is 5.95 Å². The fourth-order valence-electron chi connectivity index (χ4n) is 2.75. The second-order valence-electron chi connectivity index (χ2n) is 4.86. The van der Waals surface area contributed by atoms with Crippen LogP contribution in [0.1, 0.15) is 32.0 Å². The summed E-state index contributed by atoms with van der Waals surface area (Å²) in [6, 6.07) is 1.49. The third kappa shape index (κ3) is 2.07. The van der Waals surface area contributed by atoms with Gasteiger partial charge in [0.25, 0.3) is 0 Å². The van der Waals surface area contributed by atoms with Crippen LogP contribution in [-0.4, -0.2) is 37.6 Å². The first-order chi connectivity index (χ1) is 10.7. The maximum absolute atomic E-state index is 12.4. The number of nitrogens with zero attached hydrogens (tertiary/aromatic N) is 5. The molecule has 0 saturated carbocycles. The van der Waals surface area contributed by atoms with E-state index in [1.807, 2.05) is 24.6 Å². The van der Waals surface area contributed by atoms with E-state index in [4.69, 9.17) is 4.74 Å². The Hall–Kier alpha value is -2.64. The van der Waals surface area contributed by atoms with E-state index in [1.54, 1.807) is 10.9 Å². The van der Waals surface area contributed by atoms with Gasteiger partial charge in [-0.3, -0.25) is 4.68 Å². The number of anilines is 1. The summed E-state index contributed by atoms with van der Waals surface area (Å²) in [5.74, 6) is 0.234. The van der Waals surface area contributed by atoms with Crippen molar-refractivity contribution >= 4 is 11.9 Å². The predicted molar refractivity (Wildman–Crippen MR) is 79.0 cm³/mol. The standard InChI is InChI=1S/C14H18N6O2/c1-4-9-11(13(21)22-3)12(10-6-7-16-19(10)5-2)20-14(18-9)15-8-17-20/h6-8,12H,4-5H2,1-3H3,(H,15,17,18). The molecule has 0 spiro atoms. The number of ether oxygens (including phenoxy) is 1. The van der Waals surface area contributed by atoms with E-state index in [0.717, 1.165) is 11.4 Å². The van der Waals surface area contributed by atoms with Crippen LogP contribution in [0.15, 0.2) is 29.9 Å². The lowest BCUT2D eigenvalue weighted by Crippen LogP contribution is -2.31.